The topological polar surface area (TPSA) is 59.7 Å². The van der Waals surface area contributed by atoms with Gasteiger partial charge in [-0.2, -0.15) is 0 Å². The predicted molar refractivity (Wildman–Crippen MR) is 87.0 cm³/mol. The Balaban J connectivity index is 1.90. The van der Waals surface area contributed by atoms with Gasteiger partial charge in [-0.05, 0) is 43.7 Å². The van der Waals surface area contributed by atoms with Gasteiger partial charge in [0.15, 0.2) is 0 Å². The molecule has 2 aliphatic rings. The van der Waals surface area contributed by atoms with Gasteiger partial charge in [-0.1, -0.05) is 20.4 Å². The first-order valence-corrected chi connectivity index (χ1v) is 8.31. The maximum atomic E-state index is 11.8. The Hall–Kier alpha value is -1.55. The molecule has 0 aliphatic heterocycles. The summed E-state index contributed by atoms with van der Waals surface area (Å²) in [6.45, 7) is 11.6. The summed E-state index contributed by atoms with van der Waals surface area (Å²) in [5, 5.41) is 11.4. The van der Waals surface area contributed by atoms with Gasteiger partial charge in [0.2, 0.25) is 0 Å². The van der Waals surface area contributed by atoms with Crippen LogP contribution in [-0.4, -0.2) is 22.8 Å². The van der Waals surface area contributed by atoms with E-state index in [9.17, 15) is 9.90 Å². The Morgan fingerprint density at radius 3 is 2.83 bits per heavy atom. The second kappa shape index (κ2) is 5.23. The molecule has 4 atom stereocenters. The second-order valence-corrected chi connectivity index (χ2v) is 7.77. The monoisotopic (exact) mass is 318 g/mol. The van der Waals surface area contributed by atoms with E-state index < -0.39 is 5.60 Å². The van der Waals surface area contributed by atoms with Gasteiger partial charge in [0.25, 0.3) is 0 Å². The largest absolute Gasteiger partial charge is 0.469 e. The summed E-state index contributed by atoms with van der Waals surface area (Å²) in [6, 6.07) is 0. The minimum atomic E-state index is -0.915. The Morgan fingerprint density at radius 2 is 2.17 bits per heavy atom. The summed E-state index contributed by atoms with van der Waals surface area (Å²) in [7, 11) is 0. The lowest BCUT2D eigenvalue weighted by atomic mass is 9.52. The van der Waals surface area contributed by atoms with Gasteiger partial charge in [0.1, 0.15) is 11.9 Å². The third kappa shape index (κ3) is 2.44. The van der Waals surface area contributed by atoms with E-state index >= 15 is 0 Å². The summed E-state index contributed by atoms with van der Waals surface area (Å²) in [6.07, 6.45) is 4.01. The molecule has 0 amide bonds. The molecule has 1 aromatic rings. The molecular formula is C19H26O4. The maximum Gasteiger partial charge on any atom is 0.333 e. The van der Waals surface area contributed by atoms with Crippen molar-refractivity contribution < 1.29 is 19.1 Å². The first-order chi connectivity index (χ1) is 10.7. The van der Waals surface area contributed by atoms with Crippen LogP contribution in [-0.2, 0) is 22.4 Å². The molecule has 1 heterocycles. The van der Waals surface area contributed by atoms with Crippen molar-refractivity contribution in [1.29, 1.82) is 0 Å². The first kappa shape index (κ1) is 16.3. The van der Waals surface area contributed by atoms with Crippen LogP contribution < -0.4 is 0 Å². The van der Waals surface area contributed by atoms with Gasteiger partial charge in [-0.3, -0.25) is 0 Å². The van der Waals surface area contributed by atoms with Crippen molar-refractivity contribution in [3.63, 3.8) is 0 Å². The van der Waals surface area contributed by atoms with Crippen LogP contribution in [0.4, 0.5) is 0 Å². The van der Waals surface area contributed by atoms with E-state index in [2.05, 4.69) is 27.4 Å². The molecule has 4 nitrogen and oxygen atoms in total. The van der Waals surface area contributed by atoms with Crippen LogP contribution in [0.2, 0.25) is 0 Å². The van der Waals surface area contributed by atoms with Gasteiger partial charge in [0, 0.05) is 23.8 Å². The fraction of sp³-hybridized carbons (Fsp3) is 0.632. The van der Waals surface area contributed by atoms with Gasteiger partial charge in [-0.15, -0.1) is 0 Å². The molecule has 0 unspecified atom stereocenters. The number of esters is 1. The number of carbonyl (C=O) groups is 1. The number of rotatable bonds is 2. The van der Waals surface area contributed by atoms with Crippen LogP contribution in [0.15, 0.2) is 22.8 Å². The van der Waals surface area contributed by atoms with Crippen molar-refractivity contribution in [3.8, 4) is 0 Å². The number of ether oxygens (including phenoxy) is 1. The highest BCUT2D eigenvalue weighted by molar-refractivity contribution is 5.87. The van der Waals surface area contributed by atoms with Crippen LogP contribution >= 0.6 is 0 Å². The lowest BCUT2D eigenvalue weighted by Gasteiger charge is -2.56. The number of carbonyl (C=O) groups excluding carboxylic acids is 1. The lowest BCUT2D eigenvalue weighted by Crippen LogP contribution is -2.60. The number of furan rings is 1. The van der Waals surface area contributed by atoms with Crippen LogP contribution in [0, 0.1) is 18.3 Å². The summed E-state index contributed by atoms with van der Waals surface area (Å²) in [4.78, 5) is 11.8. The quantitative estimate of drug-likeness (QED) is 0.671. The van der Waals surface area contributed by atoms with E-state index in [4.69, 9.17) is 9.15 Å². The zero-order valence-corrected chi connectivity index (χ0v) is 14.4. The summed E-state index contributed by atoms with van der Waals surface area (Å²) in [5.74, 6) is 0.743. The number of hydrogen-bond donors (Lipinski definition) is 1. The van der Waals surface area contributed by atoms with E-state index in [1.807, 2.05) is 0 Å². The van der Waals surface area contributed by atoms with E-state index in [1.54, 1.807) is 13.2 Å². The molecule has 1 N–H and O–H groups in total. The smallest absolute Gasteiger partial charge is 0.333 e. The zero-order chi connectivity index (χ0) is 17.0. The normalized spacial score (nSPS) is 36.0. The molecule has 3 rings (SSSR count). The Morgan fingerprint density at radius 1 is 1.48 bits per heavy atom. The van der Waals surface area contributed by atoms with Gasteiger partial charge in [-0.25, -0.2) is 4.79 Å². The Labute approximate surface area is 137 Å². The molecular weight excluding hydrogens is 292 g/mol. The molecule has 0 bridgehead atoms. The summed E-state index contributed by atoms with van der Waals surface area (Å²) >= 11 is 0. The number of aryl methyl sites for hydroxylation is 1. The highest BCUT2D eigenvalue weighted by Crippen LogP contribution is 2.55. The lowest BCUT2D eigenvalue weighted by molar-refractivity contribution is -0.185. The number of fused-ring (bicyclic) bond motifs is 2. The zero-order valence-electron chi connectivity index (χ0n) is 14.4. The van der Waals surface area contributed by atoms with Crippen molar-refractivity contribution in [2.45, 2.75) is 65.1 Å². The maximum absolute atomic E-state index is 11.8. The fourth-order valence-corrected chi connectivity index (χ4v) is 4.30. The van der Waals surface area contributed by atoms with Crippen molar-refractivity contribution in [2.24, 2.45) is 11.3 Å². The third-order valence-corrected chi connectivity index (χ3v) is 6.14. The fourth-order valence-electron chi connectivity index (χ4n) is 4.30. The molecule has 126 valence electrons. The van der Waals surface area contributed by atoms with Crippen molar-refractivity contribution in [3.05, 3.63) is 35.3 Å². The number of hydrogen-bond acceptors (Lipinski definition) is 4. The van der Waals surface area contributed by atoms with Crippen LogP contribution in [0.3, 0.4) is 0 Å². The molecule has 0 aromatic carbocycles. The summed E-state index contributed by atoms with van der Waals surface area (Å²) < 4.78 is 11.2. The first-order valence-electron chi connectivity index (χ1n) is 8.31. The molecule has 2 aliphatic carbocycles. The third-order valence-electron chi connectivity index (χ3n) is 6.14. The molecule has 0 radical (unpaired) electrons. The molecule has 1 saturated carbocycles. The van der Waals surface area contributed by atoms with E-state index in [0.29, 0.717) is 18.4 Å². The van der Waals surface area contributed by atoms with Crippen LogP contribution in [0.5, 0.6) is 0 Å². The van der Waals surface area contributed by atoms with Gasteiger partial charge in [0.05, 0.1) is 11.9 Å². The van der Waals surface area contributed by atoms with Crippen molar-refractivity contribution >= 4 is 5.97 Å². The Bertz CT molecular complexity index is 658. The molecule has 1 aromatic heterocycles. The molecule has 4 heteroatoms. The highest BCUT2D eigenvalue weighted by Gasteiger charge is 2.58. The van der Waals surface area contributed by atoms with E-state index in [-0.39, 0.29) is 23.4 Å². The molecule has 0 spiro atoms. The van der Waals surface area contributed by atoms with Crippen LogP contribution in [0.1, 0.15) is 50.5 Å². The minimum Gasteiger partial charge on any atom is -0.469 e. The molecule has 0 saturated heterocycles. The predicted octanol–water partition coefficient (Wildman–Crippen LogP) is 3.34. The Kier molecular flexibility index (Phi) is 3.71. The van der Waals surface area contributed by atoms with Crippen molar-refractivity contribution in [1.82, 2.24) is 0 Å². The summed E-state index contributed by atoms with van der Waals surface area (Å²) in [5.41, 5.74) is 1.64. The van der Waals surface area contributed by atoms with E-state index in [1.165, 1.54) is 5.56 Å². The highest BCUT2D eigenvalue weighted by atomic mass is 16.5. The molecule has 1 fully saturated rings. The number of aliphatic hydroxyl groups is 1. The van der Waals surface area contributed by atoms with E-state index in [0.717, 1.165) is 24.2 Å². The minimum absolute atomic E-state index is 0.235. The average molecular weight is 318 g/mol. The SMILES string of the molecule is C=C(C)C(=O)O[C@@H]1C[C@H](C)[C@@]2(C)Cc3c(C)coc3C[C@@]2(O)C1. The second-order valence-electron chi connectivity index (χ2n) is 7.77. The van der Waals surface area contributed by atoms with Gasteiger partial charge >= 0.3 is 5.97 Å². The molecule has 23 heavy (non-hydrogen) atoms. The van der Waals surface area contributed by atoms with Crippen molar-refractivity contribution in [2.75, 3.05) is 0 Å². The standard InChI is InChI=1S/C19H26O4/c1-11(2)17(20)23-14-6-13(4)18(5)8-15-12(3)10-22-16(15)9-19(18,21)7-14/h10,13-14,21H,1,6-9H2,2-5H3/t13-,14+,18+,19-/m0/s1. The van der Waals surface area contributed by atoms with Gasteiger partial charge < -0.3 is 14.3 Å². The van der Waals surface area contributed by atoms with Crippen LogP contribution in [0.25, 0.3) is 0 Å². The average Bonchev–Trinajstić information content (AvgIpc) is 2.78.